The monoisotopic (exact) mass is 159 g/mol. The van der Waals surface area contributed by atoms with Crippen molar-refractivity contribution in [2.75, 3.05) is 13.6 Å². The van der Waals surface area contributed by atoms with Crippen LogP contribution in [0.4, 0.5) is 0 Å². The minimum Gasteiger partial charge on any atom is -0.392 e. The molecule has 0 saturated carbocycles. The molecular formula is C8H17NO2. The Kier molecular flexibility index (Phi) is 2.23. The zero-order valence-corrected chi connectivity index (χ0v) is 7.41. The van der Waals surface area contributed by atoms with Crippen LogP contribution in [0.25, 0.3) is 0 Å². The van der Waals surface area contributed by atoms with Crippen molar-refractivity contribution in [1.82, 2.24) is 4.90 Å². The van der Waals surface area contributed by atoms with Gasteiger partial charge in [0, 0.05) is 12.6 Å². The Morgan fingerprint density at radius 1 is 1.45 bits per heavy atom. The van der Waals surface area contributed by atoms with Crippen molar-refractivity contribution >= 4 is 0 Å². The first kappa shape index (κ1) is 8.97. The fourth-order valence-corrected chi connectivity index (χ4v) is 1.80. The molecule has 66 valence electrons. The third kappa shape index (κ3) is 1.92. The number of aliphatic hydroxyl groups excluding tert-OH is 1. The molecule has 0 bridgehead atoms. The highest BCUT2D eigenvalue weighted by Crippen LogP contribution is 2.24. The molecule has 2 atom stereocenters. The van der Waals surface area contributed by atoms with Crippen molar-refractivity contribution in [3.05, 3.63) is 0 Å². The van der Waals surface area contributed by atoms with Crippen molar-refractivity contribution in [2.45, 2.75) is 38.0 Å². The summed E-state index contributed by atoms with van der Waals surface area (Å²) in [5.74, 6) is 0. The number of β-amino-alcohol motifs (C(OH)–C–C–N with tert-alkyl or cyclic N) is 1. The Bertz CT molecular complexity index is 142. The Morgan fingerprint density at radius 3 is 2.18 bits per heavy atom. The summed E-state index contributed by atoms with van der Waals surface area (Å²) in [7, 11) is 1.93. The lowest BCUT2D eigenvalue weighted by Gasteiger charge is -2.30. The minimum absolute atomic E-state index is 0.0949. The molecule has 2 unspecified atom stereocenters. The van der Waals surface area contributed by atoms with E-state index in [1.807, 2.05) is 11.9 Å². The third-order valence-corrected chi connectivity index (χ3v) is 2.34. The van der Waals surface area contributed by atoms with E-state index in [1.54, 1.807) is 13.8 Å². The van der Waals surface area contributed by atoms with Crippen LogP contribution in [0.15, 0.2) is 0 Å². The predicted molar refractivity (Wildman–Crippen MR) is 43.3 cm³/mol. The summed E-state index contributed by atoms with van der Waals surface area (Å²) in [6.07, 6.45) is 0.413. The SMILES string of the molecule is CN1CC(O)CC1C(C)(C)O. The quantitative estimate of drug-likeness (QED) is 0.558. The van der Waals surface area contributed by atoms with Gasteiger partial charge >= 0.3 is 0 Å². The maximum absolute atomic E-state index is 9.65. The van der Waals surface area contributed by atoms with Crippen LogP contribution in [-0.4, -0.2) is 46.5 Å². The van der Waals surface area contributed by atoms with Gasteiger partial charge in [-0.15, -0.1) is 0 Å². The van der Waals surface area contributed by atoms with E-state index in [-0.39, 0.29) is 12.1 Å². The Balaban J connectivity index is 2.60. The fourth-order valence-electron chi connectivity index (χ4n) is 1.80. The summed E-state index contributed by atoms with van der Waals surface area (Å²) in [5, 5.41) is 18.9. The second kappa shape index (κ2) is 2.73. The van der Waals surface area contributed by atoms with E-state index in [0.717, 1.165) is 0 Å². The normalized spacial score (nSPS) is 34.6. The van der Waals surface area contributed by atoms with Crippen LogP contribution in [0.1, 0.15) is 20.3 Å². The highest BCUT2D eigenvalue weighted by molar-refractivity contribution is 4.92. The Hall–Kier alpha value is -0.120. The molecule has 1 saturated heterocycles. The molecule has 3 heteroatoms. The molecular weight excluding hydrogens is 142 g/mol. The van der Waals surface area contributed by atoms with Crippen LogP contribution >= 0.6 is 0 Å². The molecule has 0 aromatic rings. The van der Waals surface area contributed by atoms with E-state index in [0.29, 0.717) is 13.0 Å². The molecule has 1 aliphatic rings. The smallest absolute Gasteiger partial charge is 0.0747 e. The number of likely N-dealkylation sites (tertiary alicyclic amines) is 1. The molecule has 0 aromatic heterocycles. The summed E-state index contributed by atoms with van der Waals surface area (Å²) in [6.45, 7) is 4.24. The van der Waals surface area contributed by atoms with Gasteiger partial charge in [0.15, 0.2) is 0 Å². The maximum Gasteiger partial charge on any atom is 0.0747 e. The number of hydrogen-bond acceptors (Lipinski definition) is 3. The highest BCUT2D eigenvalue weighted by atomic mass is 16.3. The minimum atomic E-state index is -0.702. The number of nitrogens with zero attached hydrogens (tertiary/aromatic N) is 1. The molecule has 3 nitrogen and oxygen atoms in total. The summed E-state index contributed by atoms with van der Waals surface area (Å²) in [5.41, 5.74) is -0.702. The van der Waals surface area contributed by atoms with Crippen molar-refractivity contribution in [3.63, 3.8) is 0 Å². The van der Waals surface area contributed by atoms with Gasteiger partial charge in [-0.05, 0) is 27.3 Å². The largest absolute Gasteiger partial charge is 0.392 e. The van der Waals surface area contributed by atoms with Gasteiger partial charge in [-0.25, -0.2) is 0 Å². The van der Waals surface area contributed by atoms with Gasteiger partial charge in [0.05, 0.1) is 11.7 Å². The van der Waals surface area contributed by atoms with E-state index in [9.17, 15) is 10.2 Å². The first-order valence-electron chi connectivity index (χ1n) is 4.02. The van der Waals surface area contributed by atoms with Gasteiger partial charge in [-0.1, -0.05) is 0 Å². The molecule has 1 rings (SSSR count). The summed E-state index contributed by atoms with van der Waals surface area (Å²) >= 11 is 0. The van der Waals surface area contributed by atoms with Crippen molar-refractivity contribution < 1.29 is 10.2 Å². The second-order valence-electron chi connectivity index (χ2n) is 4.00. The predicted octanol–water partition coefficient (Wildman–Crippen LogP) is -0.178. The van der Waals surface area contributed by atoms with Crippen molar-refractivity contribution in [3.8, 4) is 0 Å². The standard InChI is InChI=1S/C8H17NO2/c1-8(2,11)7-4-6(10)5-9(7)3/h6-7,10-11H,4-5H2,1-3H3. The number of aliphatic hydroxyl groups is 2. The zero-order chi connectivity index (χ0) is 8.65. The second-order valence-corrected chi connectivity index (χ2v) is 4.00. The molecule has 0 aromatic carbocycles. The average Bonchev–Trinajstić information content (AvgIpc) is 2.08. The van der Waals surface area contributed by atoms with E-state index >= 15 is 0 Å². The van der Waals surface area contributed by atoms with Gasteiger partial charge in [-0.3, -0.25) is 4.90 Å². The number of hydrogen-bond donors (Lipinski definition) is 2. The highest BCUT2D eigenvalue weighted by Gasteiger charge is 2.37. The average molecular weight is 159 g/mol. The van der Waals surface area contributed by atoms with E-state index in [2.05, 4.69) is 0 Å². The lowest BCUT2D eigenvalue weighted by atomic mass is 9.96. The summed E-state index contributed by atoms with van der Waals surface area (Å²) in [6, 6.07) is 0.0949. The first-order chi connectivity index (χ1) is 4.91. The molecule has 2 N–H and O–H groups in total. The fraction of sp³-hybridized carbons (Fsp3) is 1.00. The van der Waals surface area contributed by atoms with Crippen LogP contribution in [-0.2, 0) is 0 Å². The molecule has 0 radical (unpaired) electrons. The van der Waals surface area contributed by atoms with Gasteiger partial charge in [0.1, 0.15) is 0 Å². The molecule has 1 heterocycles. The van der Waals surface area contributed by atoms with Crippen LogP contribution in [0.2, 0.25) is 0 Å². The number of likely N-dealkylation sites (N-methyl/N-ethyl adjacent to an activating group) is 1. The molecule has 1 fully saturated rings. The molecule has 11 heavy (non-hydrogen) atoms. The van der Waals surface area contributed by atoms with Gasteiger partial charge < -0.3 is 10.2 Å². The van der Waals surface area contributed by atoms with Crippen LogP contribution < -0.4 is 0 Å². The van der Waals surface area contributed by atoms with E-state index in [4.69, 9.17) is 0 Å². The van der Waals surface area contributed by atoms with E-state index in [1.165, 1.54) is 0 Å². The summed E-state index contributed by atoms with van der Waals surface area (Å²) < 4.78 is 0. The molecule has 1 aliphatic heterocycles. The van der Waals surface area contributed by atoms with Crippen molar-refractivity contribution in [2.24, 2.45) is 0 Å². The third-order valence-electron chi connectivity index (χ3n) is 2.34. The van der Waals surface area contributed by atoms with E-state index < -0.39 is 5.60 Å². The molecule has 0 aliphatic carbocycles. The zero-order valence-electron chi connectivity index (χ0n) is 7.41. The van der Waals surface area contributed by atoms with Crippen molar-refractivity contribution in [1.29, 1.82) is 0 Å². The van der Waals surface area contributed by atoms with Gasteiger partial charge in [0.25, 0.3) is 0 Å². The Morgan fingerprint density at radius 2 is 2.00 bits per heavy atom. The van der Waals surface area contributed by atoms with Gasteiger partial charge in [-0.2, -0.15) is 0 Å². The first-order valence-corrected chi connectivity index (χ1v) is 4.02. The van der Waals surface area contributed by atoms with Crippen LogP contribution in [0.5, 0.6) is 0 Å². The molecule has 0 amide bonds. The van der Waals surface area contributed by atoms with Crippen LogP contribution in [0.3, 0.4) is 0 Å². The lowest BCUT2D eigenvalue weighted by molar-refractivity contribution is 0.00537. The topological polar surface area (TPSA) is 43.7 Å². The maximum atomic E-state index is 9.65. The Labute approximate surface area is 67.6 Å². The van der Waals surface area contributed by atoms with Crippen LogP contribution in [0, 0.1) is 0 Å². The summed E-state index contributed by atoms with van der Waals surface area (Å²) in [4.78, 5) is 2.00. The number of rotatable bonds is 1. The van der Waals surface area contributed by atoms with Gasteiger partial charge in [0.2, 0.25) is 0 Å². The molecule has 0 spiro atoms. The lowest BCUT2D eigenvalue weighted by Crippen LogP contribution is -2.43.